The first kappa shape index (κ1) is 15.9. The zero-order valence-corrected chi connectivity index (χ0v) is 11.9. The predicted molar refractivity (Wildman–Crippen MR) is 74.3 cm³/mol. The second-order valence-electron chi connectivity index (χ2n) is 4.44. The van der Waals surface area contributed by atoms with E-state index in [1.165, 1.54) is 12.1 Å². The molecule has 1 aliphatic carbocycles. The van der Waals surface area contributed by atoms with Crippen molar-refractivity contribution in [3.63, 3.8) is 0 Å². The summed E-state index contributed by atoms with van der Waals surface area (Å²) in [6.07, 6.45) is 2.03. The Morgan fingerprint density at radius 3 is 2.68 bits per heavy atom. The van der Waals surface area contributed by atoms with E-state index in [4.69, 9.17) is 11.0 Å². The first-order chi connectivity index (χ1) is 8.56. The summed E-state index contributed by atoms with van der Waals surface area (Å²) >= 11 is 0. The van der Waals surface area contributed by atoms with Gasteiger partial charge in [-0.15, -0.1) is 12.4 Å². The van der Waals surface area contributed by atoms with Crippen LogP contribution < -0.4 is 10.5 Å². The molecule has 1 atom stereocenters. The molecule has 19 heavy (non-hydrogen) atoms. The first-order valence-corrected chi connectivity index (χ1v) is 7.27. The Morgan fingerprint density at radius 2 is 2.16 bits per heavy atom. The molecule has 1 aromatic carbocycles. The van der Waals surface area contributed by atoms with Crippen molar-refractivity contribution in [3.8, 4) is 6.07 Å². The number of hydrogen-bond acceptors (Lipinski definition) is 4. The highest BCUT2D eigenvalue weighted by molar-refractivity contribution is 7.89. The molecule has 104 valence electrons. The number of rotatable bonds is 5. The molecule has 3 N–H and O–H groups in total. The van der Waals surface area contributed by atoms with Crippen LogP contribution in [0.1, 0.15) is 18.4 Å². The molecule has 2 rings (SSSR count). The second kappa shape index (κ2) is 6.35. The minimum atomic E-state index is -3.59. The van der Waals surface area contributed by atoms with Crippen molar-refractivity contribution in [1.29, 1.82) is 5.26 Å². The predicted octanol–water partition coefficient (Wildman–Crippen LogP) is 0.996. The van der Waals surface area contributed by atoms with E-state index in [9.17, 15) is 8.42 Å². The largest absolute Gasteiger partial charge is 0.329 e. The zero-order chi connectivity index (χ0) is 13.2. The fourth-order valence-corrected chi connectivity index (χ4v) is 3.20. The lowest BCUT2D eigenvalue weighted by atomic mass is 10.2. The third-order valence-corrected chi connectivity index (χ3v) is 4.51. The van der Waals surface area contributed by atoms with Crippen LogP contribution in [0.3, 0.4) is 0 Å². The molecule has 7 heteroatoms. The number of hydrogen-bond donors (Lipinski definition) is 2. The molecular formula is C12H16ClN3O2S. The van der Waals surface area contributed by atoms with Crippen molar-refractivity contribution in [2.24, 2.45) is 11.7 Å². The van der Waals surface area contributed by atoms with Crippen LogP contribution in [-0.4, -0.2) is 21.0 Å². The molecule has 1 unspecified atom stereocenters. The van der Waals surface area contributed by atoms with Gasteiger partial charge in [0.1, 0.15) is 0 Å². The van der Waals surface area contributed by atoms with Crippen LogP contribution in [0.2, 0.25) is 0 Å². The van der Waals surface area contributed by atoms with Gasteiger partial charge in [-0.2, -0.15) is 5.26 Å². The molecule has 1 saturated carbocycles. The van der Waals surface area contributed by atoms with Crippen molar-refractivity contribution in [3.05, 3.63) is 29.8 Å². The fraction of sp³-hybridized carbons (Fsp3) is 0.417. The van der Waals surface area contributed by atoms with Crippen LogP contribution in [0.25, 0.3) is 0 Å². The summed E-state index contributed by atoms with van der Waals surface area (Å²) in [6.45, 7) is 0.293. The highest BCUT2D eigenvalue weighted by Crippen LogP contribution is 2.32. The van der Waals surface area contributed by atoms with Gasteiger partial charge in [0.05, 0.1) is 16.5 Å². The Bertz CT molecular complexity index is 579. The SMILES string of the molecule is Cl.N#Cc1cccc(S(=O)(=O)NC(CN)C2CC2)c1. The van der Waals surface area contributed by atoms with Gasteiger partial charge >= 0.3 is 0 Å². The summed E-state index contributed by atoms with van der Waals surface area (Å²) in [5.41, 5.74) is 5.90. The number of nitrogens with two attached hydrogens (primary N) is 1. The van der Waals surface area contributed by atoms with E-state index in [1.54, 1.807) is 12.1 Å². The average Bonchev–Trinajstić information content (AvgIpc) is 3.20. The lowest BCUT2D eigenvalue weighted by Crippen LogP contribution is -2.41. The Kier molecular flexibility index (Phi) is 5.32. The van der Waals surface area contributed by atoms with E-state index in [-0.39, 0.29) is 23.3 Å². The summed E-state index contributed by atoms with van der Waals surface area (Å²) in [6, 6.07) is 7.68. The van der Waals surface area contributed by atoms with Crippen LogP contribution in [-0.2, 0) is 10.0 Å². The monoisotopic (exact) mass is 301 g/mol. The second-order valence-corrected chi connectivity index (χ2v) is 6.15. The van der Waals surface area contributed by atoms with Crippen molar-refractivity contribution in [1.82, 2.24) is 4.72 Å². The Labute approximate surface area is 119 Å². The zero-order valence-electron chi connectivity index (χ0n) is 10.2. The molecule has 0 radical (unpaired) electrons. The molecule has 1 aliphatic rings. The van der Waals surface area contributed by atoms with Crippen molar-refractivity contribution in [2.75, 3.05) is 6.54 Å². The number of sulfonamides is 1. The van der Waals surface area contributed by atoms with Crippen LogP contribution in [0.15, 0.2) is 29.2 Å². The summed E-state index contributed by atoms with van der Waals surface area (Å²) in [5.74, 6) is 0.351. The standard InChI is InChI=1S/C12H15N3O2S.ClH/c13-7-9-2-1-3-11(6-9)18(16,17)15-12(8-14)10-4-5-10;/h1-3,6,10,12,15H,4-5,8,14H2;1H. The number of benzene rings is 1. The van der Waals surface area contributed by atoms with E-state index < -0.39 is 10.0 Å². The fourth-order valence-electron chi connectivity index (χ4n) is 1.84. The number of halogens is 1. The maximum Gasteiger partial charge on any atom is 0.240 e. The third kappa shape index (κ3) is 3.91. The van der Waals surface area contributed by atoms with Gasteiger partial charge in [0, 0.05) is 12.6 Å². The maximum atomic E-state index is 12.1. The van der Waals surface area contributed by atoms with Crippen LogP contribution in [0.4, 0.5) is 0 Å². The van der Waals surface area contributed by atoms with Crippen LogP contribution >= 0.6 is 12.4 Å². The highest BCUT2D eigenvalue weighted by Gasteiger charge is 2.33. The summed E-state index contributed by atoms with van der Waals surface area (Å²) in [5, 5.41) is 8.77. The topological polar surface area (TPSA) is 96.0 Å². The van der Waals surface area contributed by atoms with E-state index >= 15 is 0 Å². The minimum Gasteiger partial charge on any atom is -0.329 e. The number of nitrogens with one attached hydrogen (secondary N) is 1. The Hall–Kier alpha value is -1.13. The van der Waals surface area contributed by atoms with Crippen LogP contribution in [0, 0.1) is 17.2 Å². The third-order valence-electron chi connectivity index (χ3n) is 3.02. The Balaban J connectivity index is 0.00000180. The molecule has 5 nitrogen and oxygen atoms in total. The van der Waals surface area contributed by atoms with E-state index in [0.29, 0.717) is 18.0 Å². The molecule has 0 aromatic heterocycles. The lowest BCUT2D eigenvalue weighted by Gasteiger charge is -2.16. The molecule has 0 heterocycles. The van der Waals surface area contributed by atoms with Gasteiger partial charge in [0.25, 0.3) is 0 Å². The van der Waals surface area contributed by atoms with Gasteiger partial charge in [-0.1, -0.05) is 6.07 Å². The Morgan fingerprint density at radius 1 is 1.47 bits per heavy atom. The van der Waals surface area contributed by atoms with Gasteiger partial charge < -0.3 is 5.73 Å². The van der Waals surface area contributed by atoms with Gasteiger partial charge in [-0.3, -0.25) is 0 Å². The molecule has 0 saturated heterocycles. The van der Waals surface area contributed by atoms with E-state index in [1.807, 2.05) is 6.07 Å². The number of nitrogens with zero attached hydrogens (tertiary/aromatic N) is 1. The lowest BCUT2D eigenvalue weighted by molar-refractivity contribution is 0.519. The normalized spacial score (nSPS) is 16.2. The van der Waals surface area contributed by atoms with E-state index in [2.05, 4.69) is 4.72 Å². The summed E-state index contributed by atoms with van der Waals surface area (Å²) in [7, 11) is -3.59. The first-order valence-electron chi connectivity index (χ1n) is 5.79. The quantitative estimate of drug-likeness (QED) is 0.848. The smallest absolute Gasteiger partial charge is 0.240 e. The van der Waals surface area contributed by atoms with Gasteiger partial charge in [0.2, 0.25) is 10.0 Å². The summed E-state index contributed by atoms with van der Waals surface area (Å²) < 4.78 is 26.9. The average molecular weight is 302 g/mol. The van der Waals surface area contributed by atoms with Gasteiger partial charge in [-0.05, 0) is 37.0 Å². The molecule has 0 spiro atoms. The molecule has 0 aliphatic heterocycles. The molecule has 1 aromatic rings. The van der Waals surface area contributed by atoms with Crippen molar-refractivity contribution >= 4 is 22.4 Å². The van der Waals surface area contributed by atoms with Gasteiger partial charge in [0.15, 0.2) is 0 Å². The summed E-state index contributed by atoms with van der Waals surface area (Å²) in [4.78, 5) is 0.112. The molecule has 0 amide bonds. The minimum absolute atomic E-state index is 0. The molecule has 0 bridgehead atoms. The van der Waals surface area contributed by atoms with Crippen molar-refractivity contribution in [2.45, 2.75) is 23.8 Å². The van der Waals surface area contributed by atoms with E-state index in [0.717, 1.165) is 12.8 Å². The molecule has 1 fully saturated rings. The van der Waals surface area contributed by atoms with Crippen LogP contribution in [0.5, 0.6) is 0 Å². The van der Waals surface area contributed by atoms with Crippen molar-refractivity contribution < 1.29 is 8.42 Å². The number of nitriles is 1. The van der Waals surface area contributed by atoms with Gasteiger partial charge in [-0.25, -0.2) is 13.1 Å². The molecular weight excluding hydrogens is 286 g/mol. The maximum absolute atomic E-state index is 12.1. The highest BCUT2D eigenvalue weighted by atomic mass is 35.5.